The second-order valence-electron chi connectivity index (χ2n) is 3.32. The number of aromatic hydroxyl groups is 1. The molecule has 0 spiro atoms. The maximum Gasteiger partial charge on any atom is 0.130 e. The van der Waals surface area contributed by atoms with Crippen molar-refractivity contribution in [1.82, 2.24) is 10.2 Å². The molecule has 2 aromatic rings. The number of phenols is 1. The summed E-state index contributed by atoms with van der Waals surface area (Å²) in [5, 5.41) is 16.0. The van der Waals surface area contributed by atoms with E-state index in [1.54, 1.807) is 12.3 Å². The number of aryl methyl sites for hydroxylation is 1. The van der Waals surface area contributed by atoms with Gasteiger partial charge < -0.3 is 10.8 Å². The minimum atomic E-state index is 0.221. The van der Waals surface area contributed by atoms with Gasteiger partial charge in [0.15, 0.2) is 0 Å². The average molecular weight is 268 g/mol. The van der Waals surface area contributed by atoms with Gasteiger partial charge in [0.2, 0.25) is 0 Å². The number of aromatic amines is 1. The first kappa shape index (κ1) is 10.0. The quantitative estimate of drug-likeness (QED) is 0.743. The molecule has 15 heavy (non-hydrogen) atoms. The molecular weight excluding hydrogens is 258 g/mol. The zero-order chi connectivity index (χ0) is 11.0. The largest absolute Gasteiger partial charge is 0.507 e. The molecule has 5 heteroatoms. The molecule has 0 radical (unpaired) electrons. The Morgan fingerprint density at radius 3 is 2.73 bits per heavy atom. The summed E-state index contributed by atoms with van der Waals surface area (Å²) in [5.74, 6) is 0.744. The Kier molecular flexibility index (Phi) is 2.40. The highest BCUT2D eigenvalue weighted by atomic mass is 79.9. The minimum Gasteiger partial charge on any atom is -0.507 e. The normalized spacial score (nSPS) is 10.5. The second-order valence-corrected chi connectivity index (χ2v) is 4.17. The van der Waals surface area contributed by atoms with E-state index in [0.717, 1.165) is 16.7 Å². The summed E-state index contributed by atoms with van der Waals surface area (Å²) in [5.41, 5.74) is 8.47. The highest BCUT2D eigenvalue weighted by molar-refractivity contribution is 9.10. The SMILES string of the molecule is Cc1cc(O)c(Br)cc1-c1cn[nH]c1N. The second kappa shape index (κ2) is 3.58. The molecule has 1 heterocycles. The van der Waals surface area contributed by atoms with E-state index in [9.17, 15) is 5.11 Å². The molecule has 0 amide bonds. The summed E-state index contributed by atoms with van der Waals surface area (Å²) >= 11 is 3.27. The van der Waals surface area contributed by atoms with Crippen molar-refractivity contribution in [3.05, 3.63) is 28.4 Å². The van der Waals surface area contributed by atoms with Crippen LogP contribution in [0.15, 0.2) is 22.8 Å². The molecule has 0 aliphatic rings. The Morgan fingerprint density at radius 2 is 2.13 bits per heavy atom. The highest BCUT2D eigenvalue weighted by Gasteiger charge is 2.10. The predicted molar refractivity (Wildman–Crippen MR) is 62.5 cm³/mol. The van der Waals surface area contributed by atoms with Gasteiger partial charge in [0, 0.05) is 5.56 Å². The van der Waals surface area contributed by atoms with Crippen molar-refractivity contribution >= 4 is 21.7 Å². The van der Waals surface area contributed by atoms with E-state index in [4.69, 9.17) is 5.73 Å². The number of nitrogens with zero attached hydrogens (tertiary/aromatic N) is 1. The molecule has 2 rings (SSSR count). The van der Waals surface area contributed by atoms with Crippen LogP contribution in [-0.4, -0.2) is 15.3 Å². The minimum absolute atomic E-state index is 0.221. The zero-order valence-electron chi connectivity index (χ0n) is 8.08. The standard InChI is InChI=1S/C10H10BrN3O/c1-5-2-9(15)8(11)3-6(5)7-4-13-14-10(7)12/h2-4,15H,1H3,(H3,12,13,14). The number of rotatable bonds is 1. The monoisotopic (exact) mass is 267 g/mol. The number of nitrogens with one attached hydrogen (secondary N) is 1. The third-order valence-corrected chi connectivity index (χ3v) is 2.89. The molecule has 0 unspecified atom stereocenters. The Balaban J connectivity index is 2.64. The molecule has 1 aromatic carbocycles. The smallest absolute Gasteiger partial charge is 0.130 e. The number of H-pyrrole nitrogens is 1. The lowest BCUT2D eigenvalue weighted by atomic mass is 10.0. The van der Waals surface area contributed by atoms with Gasteiger partial charge in [-0.1, -0.05) is 0 Å². The summed E-state index contributed by atoms with van der Waals surface area (Å²) in [6.07, 6.45) is 1.67. The Morgan fingerprint density at radius 1 is 1.40 bits per heavy atom. The number of benzene rings is 1. The number of phenolic OH excluding ortho intramolecular Hbond substituents is 1. The number of nitrogen functional groups attached to an aromatic ring is 1. The summed E-state index contributed by atoms with van der Waals surface area (Å²) in [4.78, 5) is 0. The van der Waals surface area contributed by atoms with Crippen LogP contribution in [0, 0.1) is 6.92 Å². The number of halogens is 1. The van der Waals surface area contributed by atoms with Crippen LogP contribution in [-0.2, 0) is 0 Å². The van der Waals surface area contributed by atoms with E-state index in [1.807, 2.05) is 13.0 Å². The maximum atomic E-state index is 9.49. The molecule has 0 bridgehead atoms. The van der Waals surface area contributed by atoms with E-state index in [2.05, 4.69) is 26.1 Å². The van der Waals surface area contributed by atoms with Crippen molar-refractivity contribution < 1.29 is 5.11 Å². The van der Waals surface area contributed by atoms with Crippen molar-refractivity contribution in [3.63, 3.8) is 0 Å². The fraction of sp³-hybridized carbons (Fsp3) is 0.100. The van der Waals surface area contributed by atoms with Crippen LogP contribution in [0.25, 0.3) is 11.1 Å². The van der Waals surface area contributed by atoms with Gasteiger partial charge in [-0.3, -0.25) is 5.10 Å². The van der Waals surface area contributed by atoms with Crippen LogP contribution < -0.4 is 5.73 Å². The number of aromatic nitrogens is 2. The lowest BCUT2D eigenvalue weighted by Gasteiger charge is -2.06. The topological polar surface area (TPSA) is 74.9 Å². The van der Waals surface area contributed by atoms with Gasteiger partial charge >= 0.3 is 0 Å². The predicted octanol–water partition coefficient (Wildman–Crippen LogP) is 2.44. The first-order chi connectivity index (χ1) is 7.09. The van der Waals surface area contributed by atoms with Gasteiger partial charge in [0.25, 0.3) is 0 Å². The van der Waals surface area contributed by atoms with Gasteiger partial charge in [-0.05, 0) is 46.1 Å². The molecule has 0 saturated carbocycles. The molecule has 0 fully saturated rings. The summed E-state index contributed by atoms with van der Waals surface area (Å²) in [7, 11) is 0. The van der Waals surface area contributed by atoms with Crippen LogP contribution in [0.3, 0.4) is 0 Å². The summed E-state index contributed by atoms with van der Waals surface area (Å²) < 4.78 is 0.642. The van der Waals surface area contributed by atoms with Crippen molar-refractivity contribution in [2.45, 2.75) is 6.92 Å². The Hall–Kier alpha value is -1.49. The molecule has 0 aliphatic carbocycles. The lowest BCUT2D eigenvalue weighted by Crippen LogP contribution is -1.89. The average Bonchev–Trinajstić information content (AvgIpc) is 2.58. The first-order valence-electron chi connectivity index (χ1n) is 4.38. The van der Waals surface area contributed by atoms with Crippen LogP contribution in [0.5, 0.6) is 5.75 Å². The molecule has 4 nitrogen and oxygen atoms in total. The van der Waals surface area contributed by atoms with Crippen molar-refractivity contribution in [2.75, 3.05) is 5.73 Å². The van der Waals surface area contributed by atoms with Crippen molar-refractivity contribution in [3.8, 4) is 16.9 Å². The summed E-state index contributed by atoms with van der Waals surface area (Å²) in [6, 6.07) is 3.51. The third-order valence-electron chi connectivity index (χ3n) is 2.25. The molecule has 4 N–H and O–H groups in total. The molecule has 0 saturated heterocycles. The number of nitrogens with two attached hydrogens (primary N) is 1. The molecule has 1 aromatic heterocycles. The van der Waals surface area contributed by atoms with E-state index in [-0.39, 0.29) is 5.75 Å². The first-order valence-corrected chi connectivity index (χ1v) is 5.17. The van der Waals surface area contributed by atoms with E-state index in [1.165, 1.54) is 0 Å². The Labute approximate surface area is 95.3 Å². The van der Waals surface area contributed by atoms with Crippen LogP contribution in [0.2, 0.25) is 0 Å². The molecular formula is C10H10BrN3O. The fourth-order valence-electron chi connectivity index (χ4n) is 1.47. The maximum absolute atomic E-state index is 9.49. The molecule has 78 valence electrons. The van der Waals surface area contributed by atoms with E-state index < -0.39 is 0 Å². The molecule has 0 atom stereocenters. The van der Waals surface area contributed by atoms with Crippen molar-refractivity contribution in [2.24, 2.45) is 0 Å². The Bertz CT molecular complexity index is 507. The van der Waals surface area contributed by atoms with Gasteiger partial charge in [-0.15, -0.1) is 0 Å². The number of hydrogen-bond acceptors (Lipinski definition) is 3. The van der Waals surface area contributed by atoms with E-state index >= 15 is 0 Å². The van der Waals surface area contributed by atoms with Crippen LogP contribution in [0.1, 0.15) is 5.56 Å². The van der Waals surface area contributed by atoms with E-state index in [0.29, 0.717) is 10.3 Å². The number of anilines is 1. The third kappa shape index (κ3) is 1.70. The fourth-order valence-corrected chi connectivity index (χ4v) is 1.81. The summed E-state index contributed by atoms with van der Waals surface area (Å²) in [6.45, 7) is 1.91. The number of hydrogen-bond donors (Lipinski definition) is 3. The highest BCUT2D eigenvalue weighted by Crippen LogP contribution is 2.34. The van der Waals surface area contributed by atoms with Gasteiger partial charge in [0.05, 0.1) is 10.7 Å². The van der Waals surface area contributed by atoms with Gasteiger partial charge in [0.1, 0.15) is 11.6 Å². The van der Waals surface area contributed by atoms with Crippen LogP contribution in [0.4, 0.5) is 5.82 Å². The van der Waals surface area contributed by atoms with Gasteiger partial charge in [-0.25, -0.2) is 0 Å². The lowest BCUT2D eigenvalue weighted by molar-refractivity contribution is 0.471. The van der Waals surface area contributed by atoms with Crippen molar-refractivity contribution in [1.29, 1.82) is 0 Å². The van der Waals surface area contributed by atoms with Gasteiger partial charge in [-0.2, -0.15) is 5.10 Å². The molecule has 0 aliphatic heterocycles. The zero-order valence-corrected chi connectivity index (χ0v) is 9.67. The van der Waals surface area contributed by atoms with Crippen LogP contribution >= 0.6 is 15.9 Å².